The summed E-state index contributed by atoms with van der Waals surface area (Å²) in [7, 11) is 0. The molecule has 104 valence electrons. The van der Waals surface area contributed by atoms with Crippen molar-refractivity contribution in [3.05, 3.63) is 40.7 Å². The summed E-state index contributed by atoms with van der Waals surface area (Å²) < 4.78 is 7.87. The number of rotatable bonds is 4. The average Bonchev–Trinajstić information content (AvgIpc) is 3.03. The number of hydrogen-bond acceptors (Lipinski definition) is 4. The fourth-order valence-corrected chi connectivity index (χ4v) is 2.68. The van der Waals surface area contributed by atoms with Gasteiger partial charge in [0, 0.05) is 17.4 Å². The molecule has 0 bridgehead atoms. The first-order valence-corrected chi connectivity index (χ1v) is 7.43. The highest BCUT2D eigenvalue weighted by Crippen LogP contribution is 2.26. The molecule has 0 fully saturated rings. The predicted molar refractivity (Wildman–Crippen MR) is 79.7 cm³/mol. The average molecular weight is 356 g/mol. The van der Waals surface area contributed by atoms with Crippen LogP contribution in [-0.2, 0) is 13.0 Å². The minimum absolute atomic E-state index is 0.161. The van der Waals surface area contributed by atoms with E-state index in [0.29, 0.717) is 18.8 Å². The van der Waals surface area contributed by atoms with Crippen LogP contribution >= 0.6 is 27.5 Å². The van der Waals surface area contributed by atoms with Gasteiger partial charge >= 0.3 is 0 Å². The highest BCUT2D eigenvalue weighted by molar-refractivity contribution is 9.10. The van der Waals surface area contributed by atoms with Gasteiger partial charge in [-0.05, 0) is 25.1 Å². The van der Waals surface area contributed by atoms with Gasteiger partial charge in [-0.3, -0.25) is 0 Å². The van der Waals surface area contributed by atoms with Crippen molar-refractivity contribution in [2.75, 3.05) is 0 Å². The molecule has 20 heavy (non-hydrogen) atoms. The third-order valence-corrected chi connectivity index (χ3v) is 3.75. The molecule has 7 heteroatoms. The molecule has 1 atom stereocenters. The maximum absolute atomic E-state index is 6.24. The van der Waals surface area contributed by atoms with Crippen LogP contribution in [0.2, 0.25) is 0 Å². The van der Waals surface area contributed by atoms with Gasteiger partial charge in [-0.15, -0.1) is 11.6 Å². The predicted octanol–water partition coefficient (Wildman–Crippen LogP) is 3.72. The fraction of sp³-hybridized carbons (Fsp3) is 0.308. The topological polar surface area (TPSA) is 56.7 Å². The van der Waals surface area contributed by atoms with E-state index in [1.807, 2.05) is 25.1 Å². The zero-order valence-electron chi connectivity index (χ0n) is 10.8. The Kier molecular flexibility index (Phi) is 3.76. The normalized spacial score (nSPS) is 12.9. The molecule has 0 aliphatic heterocycles. The van der Waals surface area contributed by atoms with Crippen LogP contribution in [0.4, 0.5) is 0 Å². The van der Waals surface area contributed by atoms with Crippen LogP contribution < -0.4 is 0 Å². The molecule has 0 saturated carbocycles. The second-order valence-corrected chi connectivity index (χ2v) is 6.04. The molecule has 0 radical (unpaired) electrons. The zero-order valence-corrected chi connectivity index (χ0v) is 13.1. The Hall–Kier alpha value is -1.40. The van der Waals surface area contributed by atoms with Crippen LogP contribution in [0.25, 0.3) is 11.0 Å². The number of imidazole rings is 1. The summed E-state index contributed by atoms with van der Waals surface area (Å²) in [5, 5.41) is 3.67. The van der Waals surface area contributed by atoms with Crippen molar-refractivity contribution in [1.29, 1.82) is 0 Å². The van der Waals surface area contributed by atoms with Gasteiger partial charge in [-0.1, -0.05) is 21.1 Å². The molecule has 2 heterocycles. The molecule has 3 aromatic rings. The Balaban J connectivity index is 2.01. The maximum Gasteiger partial charge on any atom is 0.213 e. The second-order valence-electron chi connectivity index (χ2n) is 4.47. The van der Waals surface area contributed by atoms with Crippen molar-refractivity contribution in [2.24, 2.45) is 0 Å². The monoisotopic (exact) mass is 354 g/mol. The summed E-state index contributed by atoms with van der Waals surface area (Å²) >= 11 is 9.72. The standard InChI is InChI=1S/C13H12BrClN4O/c1-8(15)13-17-10-3-2-9(14)6-11(10)19(13)5-4-12-16-7-20-18-12/h2-3,6-8H,4-5H2,1H3. The highest BCUT2D eigenvalue weighted by atomic mass is 79.9. The first-order chi connectivity index (χ1) is 9.65. The number of hydrogen-bond donors (Lipinski definition) is 0. The van der Waals surface area contributed by atoms with Gasteiger partial charge in [0.15, 0.2) is 5.82 Å². The molecule has 0 spiro atoms. The minimum Gasteiger partial charge on any atom is -0.343 e. The summed E-state index contributed by atoms with van der Waals surface area (Å²) in [4.78, 5) is 8.63. The van der Waals surface area contributed by atoms with Gasteiger partial charge in [0.25, 0.3) is 0 Å². The summed E-state index contributed by atoms with van der Waals surface area (Å²) in [6, 6.07) is 6.00. The molecule has 2 aromatic heterocycles. The third-order valence-electron chi connectivity index (χ3n) is 3.06. The van der Waals surface area contributed by atoms with Crippen LogP contribution in [0.3, 0.4) is 0 Å². The van der Waals surface area contributed by atoms with Crippen molar-refractivity contribution >= 4 is 38.6 Å². The second kappa shape index (κ2) is 5.54. The third kappa shape index (κ3) is 2.58. The first kappa shape index (κ1) is 13.6. The van der Waals surface area contributed by atoms with E-state index in [-0.39, 0.29) is 5.38 Å². The highest BCUT2D eigenvalue weighted by Gasteiger charge is 2.15. The van der Waals surface area contributed by atoms with Crippen LogP contribution in [0.1, 0.15) is 23.9 Å². The van der Waals surface area contributed by atoms with Crippen LogP contribution in [0.15, 0.2) is 33.6 Å². The molecule has 5 nitrogen and oxygen atoms in total. The summed E-state index contributed by atoms with van der Waals surface area (Å²) in [5.41, 5.74) is 1.98. The van der Waals surface area contributed by atoms with E-state index in [1.165, 1.54) is 6.39 Å². The van der Waals surface area contributed by atoms with Gasteiger partial charge in [-0.25, -0.2) is 4.98 Å². The summed E-state index contributed by atoms with van der Waals surface area (Å²) in [5.74, 6) is 1.53. The van der Waals surface area contributed by atoms with E-state index in [4.69, 9.17) is 16.1 Å². The SMILES string of the molecule is CC(Cl)c1nc2ccc(Br)cc2n1CCc1ncon1. The lowest BCUT2D eigenvalue weighted by Gasteiger charge is -2.09. The van der Waals surface area contributed by atoms with E-state index in [1.54, 1.807) is 0 Å². The van der Waals surface area contributed by atoms with Gasteiger partial charge in [0.05, 0.1) is 16.4 Å². The lowest BCUT2D eigenvalue weighted by molar-refractivity contribution is 0.408. The fourth-order valence-electron chi connectivity index (χ4n) is 2.17. The molecule has 0 aliphatic rings. The number of alkyl halides is 1. The number of aromatic nitrogens is 4. The Morgan fingerprint density at radius 2 is 2.30 bits per heavy atom. The van der Waals surface area contributed by atoms with Crippen molar-refractivity contribution in [1.82, 2.24) is 19.7 Å². The molecule has 0 N–H and O–H groups in total. The Bertz CT molecular complexity index is 723. The summed E-state index contributed by atoms with van der Waals surface area (Å²) in [6.07, 6.45) is 2.01. The Morgan fingerprint density at radius 3 is 3.00 bits per heavy atom. The quantitative estimate of drug-likeness (QED) is 0.669. The van der Waals surface area contributed by atoms with Crippen molar-refractivity contribution in [3.8, 4) is 0 Å². The largest absolute Gasteiger partial charge is 0.343 e. The first-order valence-electron chi connectivity index (χ1n) is 6.20. The smallest absolute Gasteiger partial charge is 0.213 e. The number of benzene rings is 1. The number of fused-ring (bicyclic) bond motifs is 1. The molecule has 1 aromatic carbocycles. The van der Waals surface area contributed by atoms with Crippen LogP contribution in [-0.4, -0.2) is 19.7 Å². The Morgan fingerprint density at radius 1 is 1.45 bits per heavy atom. The lowest BCUT2D eigenvalue weighted by atomic mass is 10.3. The van der Waals surface area contributed by atoms with Crippen LogP contribution in [0.5, 0.6) is 0 Å². The van der Waals surface area contributed by atoms with Crippen molar-refractivity contribution in [3.63, 3.8) is 0 Å². The maximum atomic E-state index is 6.24. The molecule has 3 rings (SSSR count). The van der Waals surface area contributed by atoms with E-state index >= 15 is 0 Å². The minimum atomic E-state index is -0.161. The molecule has 0 amide bonds. The van der Waals surface area contributed by atoms with E-state index < -0.39 is 0 Å². The van der Waals surface area contributed by atoms with Crippen molar-refractivity contribution < 1.29 is 4.52 Å². The van der Waals surface area contributed by atoms with Gasteiger partial charge < -0.3 is 9.09 Å². The zero-order chi connectivity index (χ0) is 14.1. The molecule has 1 unspecified atom stereocenters. The number of halogens is 2. The number of aryl methyl sites for hydroxylation is 2. The van der Waals surface area contributed by atoms with Gasteiger partial charge in [0.1, 0.15) is 5.82 Å². The lowest BCUT2D eigenvalue weighted by Crippen LogP contribution is -2.07. The number of nitrogens with zero attached hydrogens (tertiary/aromatic N) is 4. The van der Waals surface area contributed by atoms with Gasteiger partial charge in [-0.2, -0.15) is 4.98 Å². The Labute approximate surface area is 129 Å². The van der Waals surface area contributed by atoms with E-state index in [2.05, 4.69) is 35.6 Å². The molecular weight excluding hydrogens is 344 g/mol. The molecular formula is C13H12BrClN4O. The molecule has 0 saturated heterocycles. The van der Waals surface area contributed by atoms with Gasteiger partial charge in [0.2, 0.25) is 6.39 Å². The summed E-state index contributed by atoms with van der Waals surface area (Å²) in [6.45, 7) is 2.63. The van der Waals surface area contributed by atoms with E-state index in [9.17, 15) is 0 Å². The van der Waals surface area contributed by atoms with E-state index in [0.717, 1.165) is 21.3 Å². The van der Waals surface area contributed by atoms with Crippen molar-refractivity contribution in [2.45, 2.75) is 25.3 Å². The van der Waals surface area contributed by atoms with Crippen LogP contribution in [0, 0.1) is 0 Å². The molecule has 0 aliphatic carbocycles.